The van der Waals surface area contributed by atoms with Gasteiger partial charge in [-0.3, -0.25) is 14.6 Å². The zero-order valence-electron chi connectivity index (χ0n) is 13.4. The highest BCUT2D eigenvalue weighted by Gasteiger charge is 2.10. The second kappa shape index (κ2) is 8.08. The fourth-order valence-electron chi connectivity index (χ4n) is 2.12. The summed E-state index contributed by atoms with van der Waals surface area (Å²) in [5.74, 6) is 0.1000. The van der Waals surface area contributed by atoms with Crippen molar-refractivity contribution < 1.29 is 9.59 Å². The molecule has 0 fully saturated rings. The third-order valence-electron chi connectivity index (χ3n) is 3.26. The molecular weight excluding hydrogens is 290 g/mol. The minimum atomic E-state index is -0.223. The Bertz CT molecular complexity index is 669. The summed E-state index contributed by atoms with van der Waals surface area (Å²) in [6.45, 7) is 4.39. The number of rotatable bonds is 6. The lowest BCUT2D eigenvalue weighted by Gasteiger charge is -2.12. The first-order chi connectivity index (χ1) is 11.1. The van der Waals surface area contributed by atoms with Crippen molar-refractivity contribution >= 4 is 17.5 Å². The standard InChI is InChI=1S/C18H21N3O2/c1-13(2)10-17(22)20-12-14-6-3-4-8-16(14)21-18(23)15-7-5-9-19-11-15/h3-9,11,13H,10,12H2,1-2H3,(H,20,22)(H,21,23). The predicted molar refractivity (Wildman–Crippen MR) is 89.9 cm³/mol. The monoisotopic (exact) mass is 311 g/mol. The molecule has 1 aromatic heterocycles. The van der Waals surface area contributed by atoms with Crippen LogP contribution in [0.1, 0.15) is 36.2 Å². The zero-order chi connectivity index (χ0) is 16.7. The van der Waals surface area contributed by atoms with E-state index in [-0.39, 0.29) is 11.8 Å². The van der Waals surface area contributed by atoms with Gasteiger partial charge in [-0.15, -0.1) is 0 Å². The summed E-state index contributed by atoms with van der Waals surface area (Å²) in [5, 5.41) is 5.74. The van der Waals surface area contributed by atoms with Crippen LogP contribution in [0.15, 0.2) is 48.8 Å². The Labute approximate surface area is 136 Å². The Morgan fingerprint density at radius 1 is 1.13 bits per heavy atom. The van der Waals surface area contributed by atoms with Gasteiger partial charge in [-0.1, -0.05) is 32.0 Å². The van der Waals surface area contributed by atoms with Crippen molar-refractivity contribution in [3.8, 4) is 0 Å². The maximum atomic E-state index is 12.2. The van der Waals surface area contributed by atoms with Crippen molar-refractivity contribution in [1.29, 1.82) is 0 Å². The number of pyridine rings is 1. The molecule has 0 unspecified atom stereocenters. The number of nitrogens with one attached hydrogen (secondary N) is 2. The van der Waals surface area contributed by atoms with Crippen LogP contribution >= 0.6 is 0 Å². The molecule has 5 heteroatoms. The summed E-state index contributed by atoms with van der Waals surface area (Å²) >= 11 is 0. The van der Waals surface area contributed by atoms with Crippen molar-refractivity contribution in [2.45, 2.75) is 26.8 Å². The van der Waals surface area contributed by atoms with E-state index in [0.717, 1.165) is 5.56 Å². The van der Waals surface area contributed by atoms with Gasteiger partial charge in [0.15, 0.2) is 0 Å². The van der Waals surface area contributed by atoms with E-state index in [1.165, 1.54) is 6.20 Å². The number of nitrogens with zero attached hydrogens (tertiary/aromatic N) is 1. The topological polar surface area (TPSA) is 71.1 Å². The number of para-hydroxylation sites is 1. The number of hydrogen-bond donors (Lipinski definition) is 2. The highest BCUT2D eigenvalue weighted by atomic mass is 16.2. The van der Waals surface area contributed by atoms with Crippen LogP contribution in [0.4, 0.5) is 5.69 Å². The number of carbonyl (C=O) groups is 2. The molecule has 0 bridgehead atoms. The van der Waals surface area contributed by atoms with E-state index in [1.54, 1.807) is 18.3 Å². The molecule has 2 amide bonds. The molecule has 0 saturated carbocycles. The van der Waals surface area contributed by atoms with Gasteiger partial charge < -0.3 is 10.6 Å². The number of amides is 2. The Kier molecular flexibility index (Phi) is 5.86. The van der Waals surface area contributed by atoms with Crippen LogP contribution in [0, 0.1) is 5.92 Å². The molecule has 120 valence electrons. The summed E-state index contributed by atoms with van der Waals surface area (Å²) in [5.41, 5.74) is 2.04. The minimum Gasteiger partial charge on any atom is -0.352 e. The largest absolute Gasteiger partial charge is 0.352 e. The normalized spacial score (nSPS) is 10.4. The lowest BCUT2D eigenvalue weighted by atomic mass is 10.1. The molecule has 1 heterocycles. The van der Waals surface area contributed by atoms with Gasteiger partial charge in [0.1, 0.15) is 0 Å². The number of benzene rings is 1. The fourth-order valence-corrected chi connectivity index (χ4v) is 2.12. The third kappa shape index (κ3) is 5.21. The van der Waals surface area contributed by atoms with Gasteiger partial charge in [0.25, 0.3) is 5.91 Å². The summed E-state index contributed by atoms with van der Waals surface area (Å²) in [6.07, 6.45) is 3.63. The molecule has 0 atom stereocenters. The Morgan fingerprint density at radius 3 is 2.61 bits per heavy atom. The molecule has 1 aromatic carbocycles. The van der Waals surface area contributed by atoms with Gasteiger partial charge in [-0.2, -0.15) is 0 Å². The highest BCUT2D eigenvalue weighted by molar-refractivity contribution is 6.04. The SMILES string of the molecule is CC(C)CC(=O)NCc1ccccc1NC(=O)c1cccnc1. The Hall–Kier alpha value is -2.69. The smallest absolute Gasteiger partial charge is 0.257 e. The predicted octanol–water partition coefficient (Wildman–Crippen LogP) is 3.00. The van der Waals surface area contributed by atoms with Crippen LogP contribution in [0.2, 0.25) is 0 Å². The minimum absolute atomic E-state index is 0.00777. The molecule has 0 aliphatic rings. The van der Waals surface area contributed by atoms with Crippen molar-refractivity contribution in [3.05, 3.63) is 59.9 Å². The summed E-state index contributed by atoms with van der Waals surface area (Å²) in [6, 6.07) is 10.8. The van der Waals surface area contributed by atoms with Gasteiger partial charge in [0.2, 0.25) is 5.91 Å². The van der Waals surface area contributed by atoms with Crippen LogP contribution in [0.25, 0.3) is 0 Å². The van der Waals surface area contributed by atoms with Gasteiger partial charge in [-0.25, -0.2) is 0 Å². The third-order valence-corrected chi connectivity index (χ3v) is 3.26. The van der Waals surface area contributed by atoms with E-state index in [4.69, 9.17) is 0 Å². The van der Waals surface area contributed by atoms with Crippen molar-refractivity contribution in [1.82, 2.24) is 10.3 Å². The van der Waals surface area contributed by atoms with Crippen molar-refractivity contribution in [2.24, 2.45) is 5.92 Å². The van der Waals surface area contributed by atoms with E-state index in [1.807, 2.05) is 38.1 Å². The maximum Gasteiger partial charge on any atom is 0.257 e. The Balaban J connectivity index is 2.03. The first kappa shape index (κ1) is 16.7. The van der Waals surface area contributed by atoms with Crippen LogP contribution in [0.5, 0.6) is 0 Å². The van der Waals surface area contributed by atoms with Gasteiger partial charge in [-0.05, 0) is 29.7 Å². The second-order valence-corrected chi connectivity index (χ2v) is 5.73. The fraction of sp³-hybridized carbons (Fsp3) is 0.278. The highest BCUT2D eigenvalue weighted by Crippen LogP contribution is 2.16. The van der Waals surface area contributed by atoms with E-state index >= 15 is 0 Å². The molecule has 0 radical (unpaired) electrons. The summed E-state index contributed by atoms with van der Waals surface area (Å²) in [4.78, 5) is 27.9. The molecule has 0 spiro atoms. The molecular formula is C18H21N3O2. The lowest BCUT2D eigenvalue weighted by molar-refractivity contribution is -0.121. The lowest BCUT2D eigenvalue weighted by Crippen LogP contribution is -2.24. The van der Waals surface area contributed by atoms with E-state index < -0.39 is 0 Å². The second-order valence-electron chi connectivity index (χ2n) is 5.73. The quantitative estimate of drug-likeness (QED) is 0.861. The van der Waals surface area contributed by atoms with Crippen LogP contribution in [0.3, 0.4) is 0 Å². The van der Waals surface area contributed by atoms with Crippen LogP contribution in [-0.4, -0.2) is 16.8 Å². The molecule has 23 heavy (non-hydrogen) atoms. The molecule has 5 nitrogen and oxygen atoms in total. The van der Waals surface area contributed by atoms with E-state index in [9.17, 15) is 9.59 Å². The van der Waals surface area contributed by atoms with Gasteiger partial charge >= 0.3 is 0 Å². The van der Waals surface area contributed by atoms with Gasteiger partial charge in [0.05, 0.1) is 5.56 Å². The average Bonchev–Trinajstić information content (AvgIpc) is 2.54. The molecule has 0 aliphatic heterocycles. The van der Waals surface area contributed by atoms with Crippen molar-refractivity contribution in [3.63, 3.8) is 0 Å². The first-order valence-electron chi connectivity index (χ1n) is 7.62. The first-order valence-corrected chi connectivity index (χ1v) is 7.62. The van der Waals surface area contributed by atoms with Crippen molar-refractivity contribution in [2.75, 3.05) is 5.32 Å². The maximum absolute atomic E-state index is 12.2. The molecule has 2 rings (SSSR count). The molecule has 2 aromatic rings. The molecule has 2 N–H and O–H groups in total. The number of hydrogen-bond acceptors (Lipinski definition) is 3. The van der Waals surface area contributed by atoms with E-state index in [2.05, 4.69) is 15.6 Å². The number of aromatic nitrogens is 1. The Morgan fingerprint density at radius 2 is 1.91 bits per heavy atom. The summed E-state index contributed by atoms with van der Waals surface area (Å²) in [7, 11) is 0. The molecule has 0 aliphatic carbocycles. The van der Waals surface area contributed by atoms with Crippen LogP contribution in [-0.2, 0) is 11.3 Å². The van der Waals surface area contributed by atoms with Gasteiger partial charge in [0, 0.05) is 31.0 Å². The number of carbonyl (C=O) groups excluding carboxylic acids is 2. The van der Waals surface area contributed by atoms with E-state index in [0.29, 0.717) is 30.1 Å². The number of anilines is 1. The summed E-state index contributed by atoms with van der Waals surface area (Å²) < 4.78 is 0. The average molecular weight is 311 g/mol. The molecule has 0 saturated heterocycles. The zero-order valence-corrected chi connectivity index (χ0v) is 13.4. The van der Waals surface area contributed by atoms with Crippen LogP contribution < -0.4 is 10.6 Å².